The maximum absolute atomic E-state index is 10.5. The lowest BCUT2D eigenvalue weighted by Crippen LogP contribution is -2.37. The van der Waals surface area contributed by atoms with Gasteiger partial charge in [-0.3, -0.25) is 4.90 Å². The molecule has 0 bridgehead atoms. The average molecular weight is 207 g/mol. The molecule has 6 heteroatoms. The third-order valence-electron chi connectivity index (χ3n) is 1.99. The van der Waals surface area contributed by atoms with Crippen molar-refractivity contribution in [3.63, 3.8) is 0 Å². The minimum Gasteiger partial charge on any atom is -0.379 e. The van der Waals surface area contributed by atoms with Crippen molar-refractivity contribution in [2.75, 3.05) is 38.6 Å². The second-order valence-electron chi connectivity index (χ2n) is 3.13. The Labute approximate surface area is 78.9 Å². The molecule has 1 rings (SSSR count). The van der Waals surface area contributed by atoms with Crippen LogP contribution in [-0.2, 0) is 14.8 Å². The molecule has 1 saturated heterocycles. The van der Waals surface area contributed by atoms with E-state index < -0.39 is 10.0 Å². The summed E-state index contributed by atoms with van der Waals surface area (Å²) in [4.78, 5) is 2.16. The van der Waals surface area contributed by atoms with Gasteiger partial charge in [-0.25, -0.2) is 8.42 Å². The van der Waals surface area contributed by atoms with Crippen LogP contribution in [-0.4, -0.2) is 51.9 Å². The smallest absolute Gasteiger partial charge is 0.225 e. The monoisotopic (exact) mass is 207 g/mol. The first kappa shape index (κ1) is 10.9. The van der Waals surface area contributed by atoms with Crippen LogP contribution >= 0.6 is 0 Å². The van der Waals surface area contributed by atoms with Gasteiger partial charge in [0.2, 0.25) is 10.0 Å². The molecular weight excluding hydrogens is 192 g/mol. The van der Waals surface area contributed by atoms with Crippen molar-refractivity contribution < 1.29 is 13.2 Å². The Hall–Kier alpha value is -0.170. The third-order valence-corrected chi connectivity index (χ3v) is 2.82. The summed E-state index contributed by atoms with van der Waals surface area (Å²) in [5, 5.41) is 6.68. The van der Waals surface area contributed by atoms with Gasteiger partial charge in [-0.1, -0.05) is 0 Å². The van der Waals surface area contributed by atoms with Crippen LogP contribution in [0.4, 0.5) is 0 Å². The molecule has 1 radical (unpaired) electrons. The van der Waals surface area contributed by atoms with E-state index in [1.807, 2.05) is 0 Å². The average Bonchev–Trinajstić information content (AvgIpc) is 2.04. The minimum atomic E-state index is -3.53. The summed E-state index contributed by atoms with van der Waals surface area (Å²) < 4.78 is 26.1. The van der Waals surface area contributed by atoms with E-state index in [0.29, 0.717) is 6.42 Å². The van der Waals surface area contributed by atoms with E-state index in [0.717, 1.165) is 32.8 Å². The summed E-state index contributed by atoms with van der Waals surface area (Å²) in [7, 11) is -3.53. The molecule has 0 aliphatic carbocycles. The SMILES string of the molecule is [NH]S(=O)(=O)CCCN1CCOCC1. The Morgan fingerprint density at radius 3 is 2.46 bits per heavy atom. The Bertz CT molecular complexity index is 234. The van der Waals surface area contributed by atoms with Gasteiger partial charge in [0.15, 0.2) is 0 Å². The second-order valence-corrected chi connectivity index (χ2v) is 4.76. The van der Waals surface area contributed by atoms with Crippen molar-refractivity contribution in [2.24, 2.45) is 0 Å². The first-order valence-electron chi connectivity index (χ1n) is 4.35. The molecule has 0 spiro atoms. The fraction of sp³-hybridized carbons (Fsp3) is 1.00. The number of ether oxygens (including phenoxy) is 1. The van der Waals surface area contributed by atoms with E-state index in [1.54, 1.807) is 0 Å². The number of sulfonamides is 1. The number of morpholine rings is 1. The molecular formula is C7H15N2O3S. The quantitative estimate of drug-likeness (QED) is 0.612. The molecule has 0 aromatic rings. The van der Waals surface area contributed by atoms with Gasteiger partial charge in [0, 0.05) is 13.1 Å². The lowest BCUT2D eigenvalue weighted by Gasteiger charge is -2.26. The molecule has 1 N–H and O–H groups in total. The number of hydrogen-bond acceptors (Lipinski definition) is 4. The molecule has 0 aromatic heterocycles. The Morgan fingerprint density at radius 1 is 1.31 bits per heavy atom. The van der Waals surface area contributed by atoms with Crippen LogP contribution in [0.5, 0.6) is 0 Å². The summed E-state index contributed by atoms with van der Waals surface area (Å²) in [5.74, 6) is -0.0373. The van der Waals surface area contributed by atoms with E-state index in [1.165, 1.54) is 0 Å². The van der Waals surface area contributed by atoms with Crippen LogP contribution in [0.1, 0.15) is 6.42 Å². The van der Waals surface area contributed by atoms with E-state index in [9.17, 15) is 8.42 Å². The molecule has 0 aromatic carbocycles. The third kappa shape index (κ3) is 5.20. The van der Waals surface area contributed by atoms with Crippen molar-refractivity contribution in [3.05, 3.63) is 0 Å². The lowest BCUT2D eigenvalue weighted by molar-refractivity contribution is 0.0381. The minimum absolute atomic E-state index is 0.0373. The predicted octanol–water partition coefficient (Wildman–Crippen LogP) is -0.679. The Kier molecular flexibility index (Phi) is 4.11. The van der Waals surface area contributed by atoms with Crippen LogP contribution < -0.4 is 5.14 Å². The van der Waals surface area contributed by atoms with Gasteiger partial charge >= 0.3 is 0 Å². The number of hydrogen-bond donors (Lipinski definition) is 0. The van der Waals surface area contributed by atoms with E-state index >= 15 is 0 Å². The number of nitrogens with one attached hydrogen (secondary N) is 1. The zero-order valence-corrected chi connectivity index (χ0v) is 8.35. The molecule has 0 unspecified atom stereocenters. The Balaban J connectivity index is 2.11. The highest BCUT2D eigenvalue weighted by molar-refractivity contribution is 7.88. The summed E-state index contributed by atoms with van der Waals surface area (Å²) in [6, 6.07) is 0. The number of rotatable bonds is 4. The van der Waals surface area contributed by atoms with Gasteiger partial charge in [0.25, 0.3) is 0 Å². The highest BCUT2D eigenvalue weighted by Crippen LogP contribution is 1.98. The maximum atomic E-state index is 10.5. The largest absolute Gasteiger partial charge is 0.379 e. The number of nitrogens with zero attached hydrogens (tertiary/aromatic N) is 1. The molecule has 0 atom stereocenters. The standard InChI is InChI=1S/C7H15N2O3S/c8-13(10,11)7-1-2-9-3-5-12-6-4-9/h8H,1-7H2. The van der Waals surface area contributed by atoms with Crippen molar-refractivity contribution in [1.29, 1.82) is 0 Å². The fourth-order valence-electron chi connectivity index (χ4n) is 1.30. The van der Waals surface area contributed by atoms with Crippen LogP contribution in [0.25, 0.3) is 0 Å². The predicted molar refractivity (Wildman–Crippen MR) is 48.8 cm³/mol. The van der Waals surface area contributed by atoms with Crippen molar-refractivity contribution >= 4 is 10.0 Å². The highest BCUT2D eigenvalue weighted by atomic mass is 32.2. The molecule has 1 heterocycles. The molecule has 0 saturated carbocycles. The summed E-state index contributed by atoms with van der Waals surface area (Å²) in [6.07, 6.45) is 0.547. The maximum Gasteiger partial charge on any atom is 0.225 e. The molecule has 77 valence electrons. The van der Waals surface area contributed by atoms with Crippen LogP contribution in [0, 0.1) is 0 Å². The van der Waals surface area contributed by atoms with Crippen molar-refractivity contribution in [1.82, 2.24) is 10.0 Å². The molecule has 13 heavy (non-hydrogen) atoms. The first-order valence-corrected chi connectivity index (χ1v) is 6.00. The second kappa shape index (κ2) is 4.90. The summed E-state index contributed by atoms with van der Waals surface area (Å²) >= 11 is 0. The van der Waals surface area contributed by atoms with Crippen LogP contribution in [0.2, 0.25) is 0 Å². The van der Waals surface area contributed by atoms with E-state index in [-0.39, 0.29) is 5.75 Å². The van der Waals surface area contributed by atoms with Crippen LogP contribution in [0.15, 0.2) is 0 Å². The topological polar surface area (TPSA) is 70.4 Å². The zero-order valence-electron chi connectivity index (χ0n) is 7.53. The van der Waals surface area contributed by atoms with Gasteiger partial charge in [0.05, 0.1) is 19.0 Å². The molecule has 1 aliphatic heterocycles. The van der Waals surface area contributed by atoms with Crippen LogP contribution in [0.3, 0.4) is 0 Å². The fourth-order valence-corrected chi connectivity index (χ4v) is 1.81. The summed E-state index contributed by atoms with van der Waals surface area (Å²) in [6.45, 7) is 3.96. The lowest BCUT2D eigenvalue weighted by atomic mass is 10.4. The van der Waals surface area contributed by atoms with Gasteiger partial charge < -0.3 is 4.74 Å². The molecule has 1 aliphatic rings. The molecule has 1 fully saturated rings. The van der Waals surface area contributed by atoms with Gasteiger partial charge in [0.1, 0.15) is 0 Å². The first-order chi connectivity index (χ1) is 6.08. The summed E-state index contributed by atoms with van der Waals surface area (Å²) in [5.41, 5.74) is 0. The van der Waals surface area contributed by atoms with Gasteiger partial charge in [-0.05, 0) is 13.0 Å². The highest BCUT2D eigenvalue weighted by Gasteiger charge is 2.11. The zero-order chi connectivity index (χ0) is 9.73. The van der Waals surface area contributed by atoms with Crippen molar-refractivity contribution in [2.45, 2.75) is 6.42 Å². The van der Waals surface area contributed by atoms with E-state index in [4.69, 9.17) is 9.88 Å². The van der Waals surface area contributed by atoms with Crippen molar-refractivity contribution in [3.8, 4) is 0 Å². The van der Waals surface area contributed by atoms with Gasteiger partial charge in [-0.2, -0.15) is 0 Å². The molecule has 5 nitrogen and oxygen atoms in total. The van der Waals surface area contributed by atoms with E-state index in [2.05, 4.69) is 4.90 Å². The Morgan fingerprint density at radius 2 is 1.92 bits per heavy atom. The van der Waals surface area contributed by atoms with Gasteiger partial charge in [-0.15, -0.1) is 5.14 Å². The normalized spacial score (nSPS) is 20.4. The molecule has 0 amide bonds.